The topological polar surface area (TPSA) is 54.0 Å². The lowest BCUT2D eigenvalue weighted by atomic mass is 10.3. The summed E-state index contributed by atoms with van der Waals surface area (Å²) in [4.78, 5) is 13.6. The van der Waals surface area contributed by atoms with E-state index in [0.29, 0.717) is 35.0 Å². The summed E-state index contributed by atoms with van der Waals surface area (Å²) in [5.74, 6) is -1.37. The minimum Gasteiger partial charge on any atom is -0.493 e. The first kappa shape index (κ1) is 29.2. The Morgan fingerprint density at radius 2 is 1.13 bits per heavy atom. The normalized spacial score (nSPS) is 12.1. The van der Waals surface area contributed by atoms with Crippen LogP contribution in [0.2, 0.25) is 0 Å². The maximum atomic E-state index is 13.8. The van der Waals surface area contributed by atoms with Crippen molar-refractivity contribution in [1.82, 2.24) is 0 Å². The maximum absolute atomic E-state index is 13.8. The molecule has 0 N–H and O–H groups in total. The van der Waals surface area contributed by atoms with Crippen molar-refractivity contribution in [3.05, 3.63) is 72.8 Å². The standard InChI is InChI=1S/C29H33F3O5S/c1-4-17-34-22-20-25(35-18-5-2)27(26(21-22)36-19-6-3)38(23-13-9-7-10-14-23,24-15-11-8-12-16-24)37-28(33)29(30,31)32/h7-16,20-21H,4-6,17-19H2,1-3H3. The molecule has 5 nitrogen and oxygen atoms in total. The van der Waals surface area contributed by atoms with Crippen LogP contribution in [0.4, 0.5) is 13.2 Å². The summed E-state index contributed by atoms with van der Waals surface area (Å²) in [6.07, 6.45) is -3.18. The fraction of sp³-hybridized carbons (Fsp3) is 0.345. The fourth-order valence-corrected chi connectivity index (χ4v) is 6.90. The highest BCUT2D eigenvalue weighted by Gasteiger charge is 2.49. The van der Waals surface area contributed by atoms with Crippen LogP contribution < -0.4 is 14.2 Å². The molecule has 38 heavy (non-hydrogen) atoms. The molecule has 3 rings (SSSR count). The van der Waals surface area contributed by atoms with Gasteiger partial charge in [0.15, 0.2) is 0 Å². The van der Waals surface area contributed by atoms with Crippen LogP contribution in [0.3, 0.4) is 0 Å². The van der Waals surface area contributed by atoms with Crippen LogP contribution in [-0.2, 0) is 8.98 Å². The quantitative estimate of drug-likeness (QED) is 0.214. The molecule has 0 bridgehead atoms. The second-order valence-electron chi connectivity index (χ2n) is 8.34. The molecular formula is C29H33F3O5S. The molecule has 0 aliphatic rings. The van der Waals surface area contributed by atoms with Gasteiger partial charge in [-0.25, -0.2) is 4.79 Å². The van der Waals surface area contributed by atoms with Gasteiger partial charge < -0.3 is 18.4 Å². The zero-order chi connectivity index (χ0) is 27.6. The second-order valence-corrected chi connectivity index (χ2v) is 11.0. The first-order valence-electron chi connectivity index (χ1n) is 12.6. The first-order chi connectivity index (χ1) is 18.3. The molecule has 0 unspecified atom stereocenters. The van der Waals surface area contributed by atoms with Gasteiger partial charge in [-0.05, 0) is 43.5 Å². The zero-order valence-electron chi connectivity index (χ0n) is 21.8. The van der Waals surface area contributed by atoms with Crippen LogP contribution in [0.25, 0.3) is 0 Å². The van der Waals surface area contributed by atoms with Crippen LogP contribution in [0, 0.1) is 0 Å². The molecule has 0 amide bonds. The smallest absolute Gasteiger partial charge is 0.491 e. The summed E-state index contributed by atoms with van der Waals surface area (Å²) < 4.78 is 65.2. The van der Waals surface area contributed by atoms with Gasteiger partial charge in [-0.15, -0.1) is 0 Å². The average Bonchev–Trinajstić information content (AvgIpc) is 2.92. The summed E-state index contributed by atoms with van der Waals surface area (Å²) in [6, 6.07) is 20.1. The van der Waals surface area contributed by atoms with E-state index in [9.17, 15) is 18.0 Å². The first-order valence-corrected chi connectivity index (χ1v) is 14.1. The Labute approximate surface area is 223 Å². The predicted molar refractivity (Wildman–Crippen MR) is 141 cm³/mol. The summed E-state index contributed by atoms with van der Waals surface area (Å²) >= 11 is 0. The lowest BCUT2D eigenvalue weighted by Crippen LogP contribution is -2.28. The van der Waals surface area contributed by atoms with Crippen LogP contribution in [0.5, 0.6) is 17.2 Å². The fourth-order valence-electron chi connectivity index (χ4n) is 3.67. The number of rotatable bonds is 13. The van der Waals surface area contributed by atoms with Crippen molar-refractivity contribution in [2.24, 2.45) is 0 Å². The maximum Gasteiger partial charge on any atom is 0.491 e. The van der Waals surface area contributed by atoms with Gasteiger partial charge in [0.05, 0.1) is 19.8 Å². The van der Waals surface area contributed by atoms with Gasteiger partial charge in [0.2, 0.25) is 0 Å². The lowest BCUT2D eigenvalue weighted by molar-refractivity contribution is -0.188. The zero-order valence-corrected chi connectivity index (χ0v) is 22.6. The Morgan fingerprint density at radius 3 is 1.53 bits per heavy atom. The minimum absolute atomic E-state index is 0.234. The highest BCUT2D eigenvalue weighted by Crippen LogP contribution is 2.74. The number of ether oxygens (including phenoxy) is 3. The molecule has 0 radical (unpaired) electrons. The van der Waals surface area contributed by atoms with Crippen molar-refractivity contribution in [1.29, 1.82) is 0 Å². The van der Waals surface area contributed by atoms with E-state index in [1.807, 2.05) is 20.8 Å². The number of carbonyl (C=O) groups is 1. The number of benzene rings is 3. The van der Waals surface area contributed by atoms with Gasteiger partial charge in [0.1, 0.15) is 22.1 Å². The third-order valence-corrected chi connectivity index (χ3v) is 8.51. The Kier molecular flexibility index (Phi) is 10.4. The van der Waals surface area contributed by atoms with Crippen molar-refractivity contribution >= 4 is 16.3 Å². The van der Waals surface area contributed by atoms with E-state index in [1.165, 1.54) is 0 Å². The summed E-state index contributed by atoms with van der Waals surface area (Å²) in [6.45, 7) is 6.80. The van der Waals surface area contributed by atoms with Gasteiger partial charge in [-0.2, -0.15) is 13.2 Å². The highest BCUT2D eigenvalue weighted by molar-refractivity contribution is 8.30. The molecule has 0 atom stereocenters. The third kappa shape index (κ3) is 6.75. The van der Waals surface area contributed by atoms with Gasteiger partial charge in [0.25, 0.3) is 0 Å². The number of hydrogen-bond donors (Lipinski definition) is 0. The molecule has 0 aliphatic carbocycles. The summed E-state index contributed by atoms with van der Waals surface area (Å²) in [5.41, 5.74) is 0. The van der Waals surface area contributed by atoms with E-state index in [0.717, 1.165) is 6.42 Å². The average molecular weight is 551 g/mol. The number of hydrogen-bond acceptors (Lipinski definition) is 5. The van der Waals surface area contributed by atoms with E-state index in [-0.39, 0.29) is 29.6 Å². The molecule has 0 heterocycles. The van der Waals surface area contributed by atoms with E-state index in [2.05, 4.69) is 0 Å². The van der Waals surface area contributed by atoms with Crippen LogP contribution in [0.1, 0.15) is 40.0 Å². The van der Waals surface area contributed by atoms with Crippen molar-refractivity contribution in [3.8, 4) is 17.2 Å². The summed E-state index contributed by atoms with van der Waals surface area (Å²) in [5, 5.41) is 0. The van der Waals surface area contributed by atoms with Crippen molar-refractivity contribution < 1.29 is 36.4 Å². The molecule has 0 aliphatic heterocycles. The Bertz CT molecular complexity index is 1100. The monoisotopic (exact) mass is 550 g/mol. The highest BCUT2D eigenvalue weighted by atomic mass is 32.3. The van der Waals surface area contributed by atoms with Crippen LogP contribution >= 0.6 is 10.3 Å². The number of halogens is 3. The molecule has 0 fully saturated rings. The van der Waals surface area contributed by atoms with Gasteiger partial charge in [-0.3, -0.25) is 0 Å². The molecule has 3 aromatic rings. The molecule has 0 saturated carbocycles. The molecular weight excluding hydrogens is 517 g/mol. The molecule has 0 aromatic heterocycles. The largest absolute Gasteiger partial charge is 0.493 e. The third-order valence-electron chi connectivity index (χ3n) is 5.26. The number of carbonyl (C=O) groups excluding carboxylic acids is 1. The van der Waals surface area contributed by atoms with Crippen LogP contribution in [-0.4, -0.2) is 32.0 Å². The molecule has 3 aromatic carbocycles. The van der Waals surface area contributed by atoms with E-state index in [4.69, 9.17) is 18.4 Å². The molecule has 0 spiro atoms. The van der Waals surface area contributed by atoms with E-state index in [1.54, 1.807) is 72.8 Å². The van der Waals surface area contributed by atoms with Crippen LogP contribution in [0.15, 0.2) is 87.5 Å². The second kappa shape index (κ2) is 13.5. The van der Waals surface area contributed by atoms with Gasteiger partial charge in [0, 0.05) is 32.2 Å². The Hall–Kier alpha value is -3.33. The van der Waals surface area contributed by atoms with Gasteiger partial charge >= 0.3 is 12.1 Å². The lowest BCUT2D eigenvalue weighted by Gasteiger charge is -2.41. The van der Waals surface area contributed by atoms with E-state index < -0.39 is 22.5 Å². The Morgan fingerprint density at radius 1 is 0.711 bits per heavy atom. The molecule has 206 valence electrons. The van der Waals surface area contributed by atoms with E-state index >= 15 is 0 Å². The van der Waals surface area contributed by atoms with Crippen molar-refractivity contribution in [3.63, 3.8) is 0 Å². The van der Waals surface area contributed by atoms with Gasteiger partial charge in [-0.1, -0.05) is 57.2 Å². The number of alkyl halides is 3. The minimum atomic E-state index is -5.22. The Balaban J connectivity index is 2.47. The molecule has 0 saturated heterocycles. The molecule has 9 heteroatoms. The SMILES string of the molecule is CCCOc1cc(OCCC)c(S(OC(=O)C(F)(F)F)(c2ccccc2)c2ccccc2)c(OCCC)c1. The van der Waals surface area contributed by atoms with Crippen molar-refractivity contribution in [2.75, 3.05) is 19.8 Å². The predicted octanol–water partition coefficient (Wildman–Crippen LogP) is 8.36. The van der Waals surface area contributed by atoms with Crippen molar-refractivity contribution in [2.45, 2.75) is 60.9 Å². The summed E-state index contributed by atoms with van der Waals surface area (Å²) in [7, 11) is -3.35.